The van der Waals surface area contributed by atoms with Gasteiger partial charge in [-0.25, -0.2) is 0 Å². The molecule has 0 saturated carbocycles. The second-order valence-corrected chi connectivity index (χ2v) is 6.23. The van der Waals surface area contributed by atoms with Crippen molar-refractivity contribution in [2.24, 2.45) is 0 Å². The van der Waals surface area contributed by atoms with E-state index in [1.54, 1.807) is 12.1 Å². The zero-order valence-corrected chi connectivity index (χ0v) is 13.2. The van der Waals surface area contributed by atoms with Crippen molar-refractivity contribution in [2.75, 3.05) is 20.1 Å². The number of hydrogen-bond acceptors (Lipinski definition) is 4. The van der Waals surface area contributed by atoms with Crippen LogP contribution in [-0.2, 0) is 6.54 Å². The molecule has 0 aromatic heterocycles. The normalized spacial score (nSPS) is 19.2. The molecule has 0 amide bonds. The largest absolute Gasteiger partial charge is 0.313 e. The van der Waals surface area contributed by atoms with Gasteiger partial charge in [-0.3, -0.25) is 10.1 Å². The Kier molecular flexibility index (Phi) is 5.51. The fourth-order valence-corrected chi connectivity index (χ4v) is 3.08. The molecule has 1 N–H and O–H groups in total. The van der Waals surface area contributed by atoms with Crippen molar-refractivity contribution in [3.8, 4) is 0 Å². The van der Waals surface area contributed by atoms with E-state index in [0.29, 0.717) is 6.04 Å². The van der Waals surface area contributed by atoms with E-state index in [-0.39, 0.29) is 10.6 Å². The summed E-state index contributed by atoms with van der Waals surface area (Å²) in [5, 5.41) is 14.2. The fraction of sp³-hybridized carbons (Fsp3) is 0.571. The van der Waals surface area contributed by atoms with Crippen molar-refractivity contribution in [1.29, 1.82) is 0 Å². The molecule has 1 aromatic rings. The standard InChI is InChI=1S/C14H20BrN3O2/c1-17(10-12-4-2-3-7-16-12)9-11-5-6-13(18(19)20)8-14(11)15/h5-6,8,12,16H,2-4,7,9-10H2,1H3. The Morgan fingerprint density at radius 2 is 2.30 bits per heavy atom. The minimum absolute atomic E-state index is 0.122. The number of halogens is 1. The predicted octanol–water partition coefficient (Wildman–Crippen LogP) is 2.93. The summed E-state index contributed by atoms with van der Waals surface area (Å²) in [5.41, 5.74) is 1.20. The summed E-state index contributed by atoms with van der Waals surface area (Å²) in [4.78, 5) is 12.6. The topological polar surface area (TPSA) is 58.4 Å². The molecule has 1 atom stereocenters. The lowest BCUT2D eigenvalue weighted by Gasteiger charge is -2.28. The van der Waals surface area contributed by atoms with E-state index >= 15 is 0 Å². The van der Waals surface area contributed by atoms with E-state index in [9.17, 15) is 10.1 Å². The quantitative estimate of drug-likeness (QED) is 0.660. The molecular weight excluding hydrogens is 322 g/mol. The first-order valence-corrected chi connectivity index (χ1v) is 7.70. The van der Waals surface area contributed by atoms with E-state index in [4.69, 9.17) is 0 Å². The average molecular weight is 342 g/mol. The molecule has 110 valence electrons. The smallest absolute Gasteiger partial charge is 0.270 e. The number of nitrogens with zero attached hydrogens (tertiary/aromatic N) is 2. The Labute approximate surface area is 127 Å². The number of piperidine rings is 1. The lowest BCUT2D eigenvalue weighted by atomic mass is 10.0. The van der Waals surface area contributed by atoms with Gasteiger partial charge >= 0.3 is 0 Å². The second kappa shape index (κ2) is 7.15. The molecule has 1 aliphatic heterocycles. The molecule has 0 radical (unpaired) electrons. The van der Waals surface area contributed by atoms with Gasteiger partial charge < -0.3 is 10.2 Å². The van der Waals surface area contributed by atoms with E-state index in [2.05, 4.69) is 33.2 Å². The van der Waals surface area contributed by atoms with E-state index < -0.39 is 0 Å². The summed E-state index contributed by atoms with van der Waals surface area (Å²) in [6.07, 6.45) is 3.80. The highest BCUT2D eigenvalue weighted by Gasteiger charge is 2.16. The number of benzene rings is 1. The average Bonchev–Trinajstić information content (AvgIpc) is 2.42. The summed E-state index contributed by atoms with van der Waals surface area (Å²) in [7, 11) is 2.09. The maximum atomic E-state index is 10.7. The van der Waals surface area contributed by atoms with Gasteiger partial charge in [0.1, 0.15) is 0 Å². The number of non-ortho nitro benzene ring substituents is 1. The molecule has 1 fully saturated rings. The zero-order chi connectivity index (χ0) is 14.5. The second-order valence-electron chi connectivity index (χ2n) is 5.38. The van der Waals surface area contributed by atoms with Crippen LogP contribution in [0.5, 0.6) is 0 Å². The minimum atomic E-state index is -0.371. The Morgan fingerprint density at radius 1 is 1.50 bits per heavy atom. The summed E-state index contributed by atoms with van der Waals surface area (Å²) in [5.74, 6) is 0. The molecule has 1 aliphatic rings. The van der Waals surface area contributed by atoms with Crippen LogP contribution in [0.2, 0.25) is 0 Å². The Hall–Kier alpha value is -0.980. The SMILES string of the molecule is CN(Cc1ccc([N+](=O)[O-])cc1Br)CC1CCCCN1. The van der Waals surface area contributed by atoms with Crippen LogP contribution in [0.15, 0.2) is 22.7 Å². The molecule has 2 rings (SSSR count). The van der Waals surface area contributed by atoms with Gasteiger partial charge in [0, 0.05) is 35.7 Å². The molecule has 5 nitrogen and oxygen atoms in total. The lowest BCUT2D eigenvalue weighted by Crippen LogP contribution is -2.42. The van der Waals surface area contributed by atoms with Crippen LogP contribution in [0.1, 0.15) is 24.8 Å². The van der Waals surface area contributed by atoms with E-state index in [1.165, 1.54) is 19.3 Å². The van der Waals surface area contributed by atoms with Gasteiger partial charge in [0.2, 0.25) is 0 Å². The van der Waals surface area contributed by atoms with Crippen molar-refractivity contribution in [1.82, 2.24) is 10.2 Å². The van der Waals surface area contributed by atoms with Crippen LogP contribution in [0.3, 0.4) is 0 Å². The van der Waals surface area contributed by atoms with Crippen LogP contribution in [0.4, 0.5) is 5.69 Å². The maximum Gasteiger partial charge on any atom is 0.270 e. The predicted molar refractivity (Wildman–Crippen MR) is 82.8 cm³/mol. The monoisotopic (exact) mass is 341 g/mol. The van der Waals surface area contributed by atoms with E-state index in [0.717, 1.165) is 29.7 Å². The van der Waals surface area contributed by atoms with Crippen LogP contribution in [-0.4, -0.2) is 36.0 Å². The Bertz CT molecular complexity index is 475. The molecule has 1 heterocycles. The van der Waals surface area contributed by atoms with Gasteiger partial charge in [0.05, 0.1) is 4.92 Å². The molecule has 1 saturated heterocycles. The van der Waals surface area contributed by atoms with Crippen molar-refractivity contribution in [3.05, 3.63) is 38.3 Å². The van der Waals surface area contributed by atoms with Crippen LogP contribution in [0.25, 0.3) is 0 Å². The van der Waals surface area contributed by atoms with Gasteiger partial charge in [0.25, 0.3) is 5.69 Å². The van der Waals surface area contributed by atoms with Crippen LogP contribution in [0, 0.1) is 10.1 Å². The highest BCUT2D eigenvalue weighted by molar-refractivity contribution is 9.10. The van der Waals surface area contributed by atoms with Gasteiger partial charge in [-0.15, -0.1) is 0 Å². The van der Waals surface area contributed by atoms with Gasteiger partial charge in [-0.2, -0.15) is 0 Å². The van der Waals surface area contributed by atoms with E-state index in [1.807, 2.05) is 6.07 Å². The molecule has 0 spiro atoms. The molecule has 1 aromatic carbocycles. The van der Waals surface area contributed by atoms with Crippen molar-refractivity contribution < 1.29 is 4.92 Å². The van der Waals surface area contributed by atoms with Crippen molar-refractivity contribution in [2.45, 2.75) is 31.8 Å². The van der Waals surface area contributed by atoms with Crippen molar-refractivity contribution >= 4 is 21.6 Å². The summed E-state index contributed by atoms with van der Waals surface area (Å²) >= 11 is 3.42. The number of hydrogen-bond donors (Lipinski definition) is 1. The number of rotatable bonds is 5. The Morgan fingerprint density at radius 3 is 2.90 bits per heavy atom. The highest BCUT2D eigenvalue weighted by atomic mass is 79.9. The summed E-state index contributed by atoms with van der Waals surface area (Å²) in [6, 6.07) is 5.52. The van der Waals surface area contributed by atoms with Crippen molar-refractivity contribution in [3.63, 3.8) is 0 Å². The number of nitro groups is 1. The first-order valence-electron chi connectivity index (χ1n) is 6.91. The molecular formula is C14H20BrN3O2. The highest BCUT2D eigenvalue weighted by Crippen LogP contribution is 2.24. The maximum absolute atomic E-state index is 10.7. The number of nitrogens with one attached hydrogen (secondary N) is 1. The third-order valence-corrected chi connectivity index (χ3v) is 4.37. The van der Waals surface area contributed by atoms with Crippen LogP contribution < -0.4 is 5.32 Å². The molecule has 0 aliphatic carbocycles. The third kappa shape index (κ3) is 4.26. The van der Waals surface area contributed by atoms with Gasteiger partial charge in [-0.1, -0.05) is 22.4 Å². The molecule has 0 bridgehead atoms. The summed E-state index contributed by atoms with van der Waals surface area (Å²) in [6.45, 7) is 2.90. The third-order valence-electron chi connectivity index (χ3n) is 3.63. The van der Waals surface area contributed by atoms with Crippen LogP contribution >= 0.6 is 15.9 Å². The first-order chi connectivity index (χ1) is 9.56. The van der Waals surface area contributed by atoms with Gasteiger partial charge in [0.15, 0.2) is 0 Å². The van der Waals surface area contributed by atoms with Gasteiger partial charge in [-0.05, 0) is 38.1 Å². The first kappa shape index (κ1) is 15.4. The Balaban J connectivity index is 1.93. The molecule has 1 unspecified atom stereocenters. The minimum Gasteiger partial charge on any atom is -0.313 e. The number of nitro benzene ring substituents is 1. The molecule has 6 heteroatoms. The zero-order valence-electron chi connectivity index (χ0n) is 11.6. The lowest BCUT2D eigenvalue weighted by molar-refractivity contribution is -0.384. The molecule has 20 heavy (non-hydrogen) atoms. The fourth-order valence-electron chi connectivity index (χ4n) is 2.59. The number of likely N-dealkylation sites (N-methyl/N-ethyl adjacent to an activating group) is 1. The summed E-state index contributed by atoms with van der Waals surface area (Å²) < 4.78 is 0.801.